The zero-order chi connectivity index (χ0) is 21.1. The smallest absolute Gasteiger partial charge is 0.270 e. The van der Waals surface area contributed by atoms with Crippen molar-refractivity contribution in [2.24, 2.45) is 11.8 Å². The summed E-state index contributed by atoms with van der Waals surface area (Å²) in [6.07, 6.45) is 3.39. The van der Waals surface area contributed by atoms with Crippen molar-refractivity contribution >= 4 is 22.8 Å². The summed E-state index contributed by atoms with van der Waals surface area (Å²) >= 11 is 0. The molecule has 1 aliphatic heterocycles. The van der Waals surface area contributed by atoms with Gasteiger partial charge in [0.05, 0.1) is 24.8 Å². The molecule has 1 aliphatic rings. The highest BCUT2D eigenvalue weighted by Crippen LogP contribution is 2.24. The fourth-order valence-electron chi connectivity index (χ4n) is 3.97. The number of benzene rings is 1. The van der Waals surface area contributed by atoms with Gasteiger partial charge in [-0.15, -0.1) is 0 Å². The predicted molar refractivity (Wildman–Crippen MR) is 116 cm³/mol. The molecule has 3 heterocycles. The lowest BCUT2D eigenvalue weighted by molar-refractivity contribution is 0.0920. The number of aromatic nitrogens is 3. The van der Waals surface area contributed by atoms with Gasteiger partial charge in [-0.3, -0.25) is 9.78 Å². The molecule has 1 saturated heterocycles. The maximum atomic E-state index is 12.9. The van der Waals surface area contributed by atoms with Crippen LogP contribution in [0.2, 0.25) is 0 Å². The topological polar surface area (TPSA) is 103 Å². The summed E-state index contributed by atoms with van der Waals surface area (Å²) in [5, 5.41) is 4.23. The fraction of sp³-hybridized carbons (Fsp3) is 0.391. The van der Waals surface area contributed by atoms with Crippen LogP contribution in [-0.4, -0.2) is 40.1 Å². The third kappa shape index (κ3) is 4.57. The number of anilines is 1. The second-order valence-corrected chi connectivity index (χ2v) is 8.27. The average Bonchev–Trinajstić information content (AvgIpc) is 3.14. The van der Waals surface area contributed by atoms with Gasteiger partial charge in [-0.2, -0.15) is 0 Å². The van der Waals surface area contributed by atoms with E-state index in [0.717, 1.165) is 29.4 Å². The zero-order valence-electron chi connectivity index (χ0n) is 17.3. The van der Waals surface area contributed by atoms with Crippen LogP contribution in [0.1, 0.15) is 35.6 Å². The second kappa shape index (κ2) is 8.75. The van der Waals surface area contributed by atoms with Gasteiger partial charge in [-0.1, -0.05) is 32.0 Å². The highest BCUT2D eigenvalue weighted by Gasteiger charge is 2.30. The Morgan fingerprint density at radius 3 is 2.90 bits per heavy atom. The summed E-state index contributed by atoms with van der Waals surface area (Å²) < 4.78 is 5.70. The van der Waals surface area contributed by atoms with E-state index in [4.69, 9.17) is 10.5 Å². The van der Waals surface area contributed by atoms with E-state index in [-0.39, 0.29) is 23.8 Å². The van der Waals surface area contributed by atoms with Crippen molar-refractivity contribution in [1.29, 1.82) is 0 Å². The molecule has 3 N–H and O–H groups in total. The van der Waals surface area contributed by atoms with Crippen molar-refractivity contribution in [1.82, 2.24) is 20.3 Å². The molecule has 1 fully saturated rings. The number of ether oxygens (including phenoxy) is 1. The molecule has 4 rings (SSSR count). The molecule has 0 spiro atoms. The van der Waals surface area contributed by atoms with Crippen LogP contribution in [0.3, 0.4) is 0 Å². The molecule has 156 valence electrons. The summed E-state index contributed by atoms with van der Waals surface area (Å²) in [6, 6.07) is 11.8. The van der Waals surface area contributed by atoms with Gasteiger partial charge in [-0.25, -0.2) is 9.97 Å². The van der Waals surface area contributed by atoms with Crippen LogP contribution < -0.4 is 11.1 Å². The maximum absolute atomic E-state index is 12.9. The molecule has 0 saturated carbocycles. The molecule has 3 aromatic rings. The zero-order valence-corrected chi connectivity index (χ0v) is 17.3. The third-order valence-corrected chi connectivity index (χ3v) is 5.38. The molecule has 0 unspecified atom stereocenters. The largest absolute Gasteiger partial charge is 0.379 e. The van der Waals surface area contributed by atoms with Crippen molar-refractivity contribution in [3.63, 3.8) is 0 Å². The summed E-state index contributed by atoms with van der Waals surface area (Å²) in [6.45, 7) is 5.29. The summed E-state index contributed by atoms with van der Waals surface area (Å²) in [4.78, 5) is 25.7. The number of nitrogens with zero attached hydrogens (tertiary/aromatic N) is 3. The lowest BCUT2D eigenvalue weighted by Gasteiger charge is -2.20. The van der Waals surface area contributed by atoms with Gasteiger partial charge in [0.1, 0.15) is 5.69 Å². The SMILES string of the molecule is CC(C)Cc1cc(C(=O)N[C@H]2COC[C@H]2Cc2ccnc3ccccc23)nc(N)n1. The molecular formula is C23H27N5O2. The number of nitrogen functional groups attached to an aromatic ring is 1. The van der Waals surface area contributed by atoms with Crippen molar-refractivity contribution in [3.05, 3.63) is 59.5 Å². The van der Waals surface area contributed by atoms with E-state index in [0.29, 0.717) is 24.8 Å². The minimum absolute atomic E-state index is 0.0887. The van der Waals surface area contributed by atoms with Crippen LogP contribution in [0.15, 0.2) is 42.6 Å². The Bertz CT molecular complexity index is 1050. The van der Waals surface area contributed by atoms with Gasteiger partial charge in [0.2, 0.25) is 5.95 Å². The minimum atomic E-state index is -0.241. The normalized spacial score (nSPS) is 18.8. The number of hydrogen-bond donors (Lipinski definition) is 2. The number of carbonyl (C=O) groups is 1. The Labute approximate surface area is 176 Å². The summed E-state index contributed by atoms with van der Waals surface area (Å²) in [5.41, 5.74) is 9.10. The van der Waals surface area contributed by atoms with E-state index in [1.54, 1.807) is 6.07 Å². The van der Waals surface area contributed by atoms with E-state index in [2.05, 4.69) is 40.2 Å². The molecule has 30 heavy (non-hydrogen) atoms. The molecule has 1 aromatic carbocycles. The first-order chi connectivity index (χ1) is 14.5. The Kier molecular flexibility index (Phi) is 5.90. The number of fused-ring (bicyclic) bond motifs is 1. The minimum Gasteiger partial charge on any atom is -0.379 e. The fourth-order valence-corrected chi connectivity index (χ4v) is 3.97. The van der Waals surface area contributed by atoms with Crippen LogP contribution in [0.25, 0.3) is 10.9 Å². The highest BCUT2D eigenvalue weighted by atomic mass is 16.5. The van der Waals surface area contributed by atoms with E-state index < -0.39 is 0 Å². The molecule has 7 heteroatoms. The standard InChI is InChI=1S/C23H27N5O2/c1-14(2)9-17-11-20(28-23(24)26-17)22(29)27-21-13-30-12-16(21)10-15-7-8-25-19-6-4-3-5-18(15)19/h3-8,11,14,16,21H,9-10,12-13H2,1-2H3,(H,27,29)(H2,24,26,28)/t16-,21+/m1/s1. The van der Waals surface area contributed by atoms with Gasteiger partial charge in [0.15, 0.2) is 0 Å². The molecular weight excluding hydrogens is 378 g/mol. The van der Waals surface area contributed by atoms with Crippen molar-refractivity contribution in [2.75, 3.05) is 18.9 Å². The van der Waals surface area contributed by atoms with Crippen LogP contribution >= 0.6 is 0 Å². The predicted octanol–water partition coefficient (Wildman–Crippen LogP) is 2.79. The Hall–Kier alpha value is -3.06. The molecule has 1 amide bonds. The first kappa shape index (κ1) is 20.2. The number of amides is 1. The number of rotatable bonds is 6. The van der Waals surface area contributed by atoms with Crippen LogP contribution in [0.5, 0.6) is 0 Å². The number of hydrogen-bond acceptors (Lipinski definition) is 6. The Balaban J connectivity index is 1.49. The highest BCUT2D eigenvalue weighted by molar-refractivity contribution is 5.92. The van der Waals surface area contributed by atoms with E-state index in [9.17, 15) is 4.79 Å². The molecule has 0 radical (unpaired) electrons. The molecule has 7 nitrogen and oxygen atoms in total. The Morgan fingerprint density at radius 1 is 1.23 bits per heavy atom. The number of nitrogens with two attached hydrogens (primary N) is 1. The van der Waals surface area contributed by atoms with Gasteiger partial charge in [-0.05, 0) is 42.5 Å². The maximum Gasteiger partial charge on any atom is 0.270 e. The third-order valence-electron chi connectivity index (χ3n) is 5.38. The Morgan fingerprint density at radius 2 is 2.07 bits per heavy atom. The van der Waals surface area contributed by atoms with Gasteiger partial charge >= 0.3 is 0 Å². The molecule has 2 aromatic heterocycles. The van der Waals surface area contributed by atoms with E-state index >= 15 is 0 Å². The van der Waals surface area contributed by atoms with E-state index in [1.807, 2.05) is 30.5 Å². The molecule has 0 bridgehead atoms. The first-order valence-electron chi connectivity index (χ1n) is 10.3. The van der Waals surface area contributed by atoms with E-state index in [1.165, 1.54) is 5.56 Å². The van der Waals surface area contributed by atoms with Crippen LogP contribution in [0, 0.1) is 11.8 Å². The second-order valence-electron chi connectivity index (χ2n) is 8.27. The average molecular weight is 406 g/mol. The summed E-state index contributed by atoms with van der Waals surface area (Å²) in [5.74, 6) is 0.474. The number of para-hydroxylation sites is 1. The number of pyridine rings is 1. The van der Waals surface area contributed by atoms with Crippen molar-refractivity contribution in [3.8, 4) is 0 Å². The lowest BCUT2D eigenvalue weighted by atomic mass is 9.93. The van der Waals surface area contributed by atoms with Crippen molar-refractivity contribution < 1.29 is 9.53 Å². The summed E-state index contributed by atoms with van der Waals surface area (Å²) in [7, 11) is 0. The van der Waals surface area contributed by atoms with Gasteiger partial charge in [0.25, 0.3) is 5.91 Å². The number of nitrogens with one attached hydrogen (secondary N) is 1. The van der Waals surface area contributed by atoms with Gasteiger partial charge < -0.3 is 15.8 Å². The monoisotopic (exact) mass is 405 g/mol. The van der Waals surface area contributed by atoms with Crippen molar-refractivity contribution in [2.45, 2.75) is 32.7 Å². The molecule has 0 aliphatic carbocycles. The number of carbonyl (C=O) groups excluding carboxylic acids is 1. The quantitative estimate of drug-likeness (QED) is 0.654. The van der Waals surface area contributed by atoms with Crippen LogP contribution in [0.4, 0.5) is 5.95 Å². The lowest BCUT2D eigenvalue weighted by Crippen LogP contribution is -2.41. The van der Waals surface area contributed by atoms with Crippen LogP contribution in [-0.2, 0) is 17.6 Å². The van der Waals surface area contributed by atoms with Gasteiger partial charge in [0, 0.05) is 23.2 Å². The first-order valence-corrected chi connectivity index (χ1v) is 10.3. The molecule has 2 atom stereocenters.